The van der Waals surface area contributed by atoms with E-state index in [-0.39, 0.29) is 0 Å². The zero-order chi connectivity index (χ0) is 13.3. The number of halogens is 1. The van der Waals surface area contributed by atoms with Crippen molar-refractivity contribution in [2.75, 3.05) is 0 Å². The second-order valence-corrected chi connectivity index (χ2v) is 4.82. The van der Waals surface area contributed by atoms with Crippen molar-refractivity contribution in [3.63, 3.8) is 0 Å². The topological polar surface area (TPSA) is 68.0 Å². The van der Waals surface area contributed by atoms with Gasteiger partial charge in [0.05, 0.1) is 22.6 Å². The zero-order valence-electron chi connectivity index (χ0n) is 9.96. The Morgan fingerprint density at radius 3 is 2.67 bits per heavy atom. The normalized spacial score (nSPS) is 11.5. The van der Waals surface area contributed by atoms with Gasteiger partial charge in [-0.2, -0.15) is 0 Å². The van der Waals surface area contributed by atoms with E-state index in [9.17, 15) is 9.90 Å². The fraction of sp³-hybridized carbons (Fsp3) is 0.250. The highest BCUT2D eigenvalue weighted by atomic mass is 35.5. The van der Waals surface area contributed by atoms with Crippen molar-refractivity contribution in [1.82, 2.24) is 15.0 Å². The van der Waals surface area contributed by atoms with Crippen LogP contribution in [0.5, 0.6) is 0 Å². The van der Waals surface area contributed by atoms with Crippen LogP contribution in [0.4, 0.5) is 0 Å². The summed E-state index contributed by atoms with van der Waals surface area (Å²) in [4.78, 5) is 11.3. The molecule has 1 heterocycles. The number of carboxylic acids is 1. The Morgan fingerprint density at radius 1 is 1.39 bits per heavy atom. The summed E-state index contributed by atoms with van der Waals surface area (Å²) in [5.41, 5.74) is -0.00745. The molecule has 18 heavy (non-hydrogen) atoms. The highest BCUT2D eigenvalue weighted by molar-refractivity contribution is 6.32. The maximum absolute atomic E-state index is 11.3. The van der Waals surface area contributed by atoms with Gasteiger partial charge < -0.3 is 5.11 Å². The molecule has 0 aliphatic heterocycles. The molecular formula is C12H12ClN3O2. The van der Waals surface area contributed by atoms with Gasteiger partial charge >= 0.3 is 5.97 Å². The first-order valence-electron chi connectivity index (χ1n) is 5.34. The fourth-order valence-electron chi connectivity index (χ4n) is 1.57. The Balaban J connectivity index is 2.60. The molecule has 0 radical (unpaired) electrons. The van der Waals surface area contributed by atoms with Gasteiger partial charge in [0.25, 0.3) is 0 Å². The molecule has 0 saturated carbocycles. The number of para-hydroxylation sites is 1. The molecule has 0 saturated heterocycles. The number of carboxylic acid groups (broad SMARTS) is 1. The number of hydrogen-bond acceptors (Lipinski definition) is 3. The predicted octanol–water partition coefficient (Wildman–Crippen LogP) is 2.28. The lowest BCUT2D eigenvalue weighted by Gasteiger charge is -2.20. The van der Waals surface area contributed by atoms with Crippen LogP contribution < -0.4 is 0 Å². The Kier molecular flexibility index (Phi) is 3.09. The van der Waals surface area contributed by atoms with Crippen molar-refractivity contribution >= 4 is 17.6 Å². The van der Waals surface area contributed by atoms with Crippen molar-refractivity contribution in [2.45, 2.75) is 19.3 Å². The van der Waals surface area contributed by atoms with Crippen molar-refractivity contribution in [3.8, 4) is 5.69 Å². The molecule has 0 amide bonds. The van der Waals surface area contributed by atoms with Crippen LogP contribution in [0.3, 0.4) is 0 Å². The third kappa shape index (κ3) is 1.97. The minimum absolute atomic E-state index is 0.475. The number of benzene rings is 1. The van der Waals surface area contributed by atoms with Crippen LogP contribution >= 0.6 is 11.6 Å². The fourth-order valence-corrected chi connectivity index (χ4v) is 1.79. The Labute approximate surface area is 109 Å². The van der Waals surface area contributed by atoms with Gasteiger partial charge in [0.2, 0.25) is 0 Å². The quantitative estimate of drug-likeness (QED) is 0.924. The smallest absolute Gasteiger partial charge is 0.315 e. The zero-order valence-corrected chi connectivity index (χ0v) is 10.7. The van der Waals surface area contributed by atoms with Gasteiger partial charge in [-0.25, -0.2) is 4.68 Å². The Morgan fingerprint density at radius 2 is 2.06 bits per heavy atom. The van der Waals surface area contributed by atoms with Crippen molar-refractivity contribution in [1.29, 1.82) is 0 Å². The van der Waals surface area contributed by atoms with E-state index < -0.39 is 11.4 Å². The van der Waals surface area contributed by atoms with Gasteiger partial charge in [0, 0.05) is 0 Å². The minimum atomic E-state index is -1.09. The number of carbonyl (C=O) groups is 1. The molecule has 94 valence electrons. The monoisotopic (exact) mass is 265 g/mol. The minimum Gasteiger partial charge on any atom is -0.481 e. The van der Waals surface area contributed by atoms with Crippen LogP contribution in [0.2, 0.25) is 5.02 Å². The van der Waals surface area contributed by atoms with E-state index in [2.05, 4.69) is 10.3 Å². The summed E-state index contributed by atoms with van der Waals surface area (Å²) in [5.74, 6) is -0.946. The molecule has 2 rings (SSSR count). The lowest BCUT2D eigenvalue weighted by atomic mass is 9.90. The molecule has 1 aromatic heterocycles. The lowest BCUT2D eigenvalue weighted by Crippen LogP contribution is -2.31. The molecule has 6 heteroatoms. The van der Waals surface area contributed by atoms with Gasteiger partial charge in [-0.3, -0.25) is 4.79 Å². The van der Waals surface area contributed by atoms with Crippen molar-refractivity contribution in [3.05, 3.63) is 41.2 Å². The van der Waals surface area contributed by atoms with Gasteiger partial charge in [0.1, 0.15) is 5.41 Å². The van der Waals surface area contributed by atoms with Crippen LogP contribution in [0.25, 0.3) is 5.69 Å². The van der Waals surface area contributed by atoms with Crippen molar-refractivity contribution < 1.29 is 9.90 Å². The summed E-state index contributed by atoms with van der Waals surface area (Å²) >= 11 is 6.08. The SMILES string of the molecule is CC(C)(C(=O)O)c1cnnn1-c1ccccc1Cl. The molecule has 0 bridgehead atoms. The first-order chi connectivity index (χ1) is 8.44. The highest BCUT2D eigenvalue weighted by Gasteiger charge is 2.34. The molecule has 5 nitrogen and oxygen atoms in total. The van der Waals surface area contributed by atoms with Crippen LogP contribution in [-0.2, 0) is 10.2 Å². The van der Waals surface area contributed by atoms with Crippen LogP contribution in [0.1, 0.15) is 19.5 Å². The van der Waals surface area contributed by atoms with E-state index in [0.29, 0.717) is 16.4 Å². The summed E-state index contributed by atoms with van der Waals surface area (Å²) in [6, 6.07) is 7.08. The second-order valence-electron chi connectivity index (χ2n) is 4.41. The van der Waals surface area contributed by atoms with E-state index >= 15 is 0 Å². The summed E-state index contributed by atoms with van der Waals surface area (Å²) < 4.78 is 1.45. The molecule has 0 fully saturated rings. The first kappa shape index (κ1) is 12.6. The average Bonchev–Trinajstić information content (AvgIpc) is 2.78. The standard InChI is InChI=1S/C12H12ClN3O2/c1-12(2,11(17)18)10-7-14-15-16(10)9-6-4-3-5-8(9)13/h3-7H,1-2H3,(H,17,18). The van der Waals surface area contributed by atoms with E-state index in [1.54, 1.807) is 38.1 Å². The van der Waals surface area contributed by atoms with Crippen molar-refractivity contribution in [2.24, 2.45) is 0 Å². The van der Waals surface area contributed by atoms with E-state index in [1.165, 1.54) is 10.9 Å². The highest BCUT2D eigenvalue weighted by Crippen LogP contribution is 2.27. The second kappa shape index (κ2) is 4.42. The molecule has 0 atom stereocenters. The molecule has 1 aromatic carbocycles. The molecule has 1 N–H and O–H groups in total. The van der Waals surface area contributed by atoms with Crippen LogP contribution in [-0.4, -0.2) is 26.1 Å². The van der Waals surface area contributed by atoms with Crippen LogP contribution in [0.15, 0.2) is 30.5 Å². The maximum Gasteiger partial charge on any atom is 0.315 e. The Hall–Kier alpha value is -1.88. The van der Waals surface area contributed by atoms with Gasteiger partial charge in [-0.1, -0.05) is 28.9 Å². The summed E-state index contributed by atoms with van der Waals surface area (Å²) in [6.45, 7) is 3.20. The number of aromatic nitrogens is 3. The summed E-state index contributed by atoms with van der Waals surface area (Å²) in [7, 11) is 0. The predicted molar refractivity (Wildman–Crippen MR) is 67.0 cm³/mol. The number of nitrogens with zero attached hydrogens (tertiary/aromatic N) is 3. The first-order valence-corrected chi connectivity index (χ1v) is 5.72. The average molecular weight is 266 g/mol. The van der Waals surface area contributed by atoms with Gasteiger partial charge in [0.15, 0.2) is 0 Å². The molecule has 0 aliphatic rings. The lowest BCUT2D eigenvalue weighted by molar-refractivity contribution is -0.142. The van der Waals surface area contributed by atoms with E-state index in [1.807, 2.05) is 0 Å². The summed E-state index contributed by atoms with van der Waals surface area (Å²) in [6.07, 6.45) is 1.44. The van der Waals surface area contributed by atoms with E-state index in [0.717, 1.165) is 0 Å². The third-order valence-corrected chi connectivity index (χ3v) is 3.12. The maximum atomic E-state index is 11.3. The molecule has 2 aromatic rings. The van der Waals surface area contributed by atoms with Crippen LogP contribution in [0, 0.1) is 0 Å². The van der Waals surface area contributed by atoms with E-state index in [4.69, 9.17) is 11.6 Å². The number of hydrogen-bond donors (Lipinski definition) is 1. The van der Waals surface area contributed by atoms with Gasteiger partial charge in [-0.05, 0) is 26.0 Å². The molecule has 0 unspecified atom stereocenters. The molecule has 0 spiro atoms. The summed E-state index contributed by atoms with van der Waals surface area (Å²) in [5, 5.41) is 17.4. The largest absolute Gasteiger partial charge is 0.481 e. The third-order valence-electron chi connectivity index (χ3n) is 2.80. The Bertz CT molecular complexity index is 593. The molecular weight excluding hydrogens is 254 g/mol. The number of rotatable bonds is 3. The van der Waals surface area contributed by atoms with Gasteiger partial charge in [-0.15, -0.1) is 5.10 Å². The molecule has 0 aliphatic carbocycles. The number of aliphatic carboxylic acids is 1.